The third-order valence-corrected chi connectivity index (χ3v) is 5.64. The lowest BCUT2D eigenvalue weighted by Crippen LogP contribution is -2.33. The minimum Gasteiger partial charge on any atom is -0.492 e. The summed E-state index contributed by atoms with van der Waals surface area (Å²) < 4.78 is 22.6. The molecule has 0 bridgehead atoms. The smallest absolute Gasteiger partial charge is 0.240 e. The SMILES string of the molecule is Cc1cc(C2=NNC(=O)CC2)ccc1OCCNCC(O)COc1ccc(COCCOC(C)C)cc1. The molecule has 0 fully saturated rings. The van der Waals surface area contributed by atoms with Crippen LogP contribution in [0.2, 0.25) is 0 Å². The molecule has 202 valence electrons. The molecule has 1 aliphatic heterocycles. The van der Waals surface area contributed by atoms with Crippen LogP contribution >= 0.6 is 0 Å². The minimum absolute atomic E-state index is 0.0519. The van der Waals surface area contributed by atoms with E-state index in [1.54, 1.807) is 0 Å². The summed E-state index contributed by atoms with van der Waals surface area (Å²) in [5.74, 6) is 1.45. The average molecular weight is 514 g/mol. The zero-order valence-electron chi connectivity index (χ0n) is 22.0. The highest BCUT2D eigenvalue weighted by atomic mass is 16.5. The molecule has 1 amide bonds. The van der Waals surface area contributed by atoms with Crippen molar-refractivity contribution in [3.8, 4) is 11.5 Å². The number of aliphatic hydroxyl groups excluding tert-OH is 1. The van der Waals surface area contributed by atoms with Crippen molar-refractivity contribution in [3.63, 3.8) is 0 Å². The summed E-state index contributed by atoms with van der Waals surface area (Å²) in [6, 6.07) is 13.6. The van der Waals surface area contributed by atoms with Crippen LogP contribution in [-0.2, 0) is 20.9 Å². The molecule has 3 N–H and O–H groups in total. The Morgan fingerprint density at radius 1 is 1.05 bits per heavy atom. The third-order valence-electron chi connectivity index (χ3n) is 5.64. The van der Waals surface area contributed by atoms with Crippen molar-refractivity contribution in [2.75, 3.05) is 39.5 Å². The number of rotatable bonds is 16. The Bertz CT molecular complexity index is 1010. The summed E-state index contributed by atoms with van der Waals surface area (Å²) in [6.45, 7) is 9.31. The van der Waals surface area contributed by atoms with E-state index in [1.165, 1.54) is 0 Å². The van der Waals surface area contributed by atoms with Crippen molar-refractivity contribution in [2.24, 2.45) is 5.10 Å². The maximum atomic E-state index is 11.3. The van der Waals surface area contributed by atoms with Crippen LogP contribution in [0.25, 0.3) is 0 Å². The van der Waals surface area contributed by atoms with Gasteiger partial charge in [-0.3, -0.25) is 4.79 Å². The number of benzene rings is 2. The summed E-state index contributed by atoms with van der Waals surface area (Å²) in [5.41, 5.74) is 6.45. The van der Waals surface area contributed by atoms with Gasteiger partial charge in [-0.25, -0.2) is 5.43 Å². The van der Waals surface area contributed by atoms with Gasteiger partial charge in [0.15, 0.2) is 0 Å². The quantitative estimate of drug-likeness (QED) is 0.296. The van der Waals surface area contributed by atoms with Crippen LogP contribution in [-0.4, -0.2) is 68.5 Å². The Morgan fingerprint density at radius 2 is 1.86 bits per heavy atom. The number of carbonyl (C=O) groups excluding carboxylic acids is 1. The molecular weight excluding hydrogens is 474 g/mol. The largest absolute Gasteiger partial charge is 0.492 e. The highest BCUT2D eigenvalue weighted by Gasteiger charge is 2.14. The second-order valence-corrected chi connectivity index (χ2v) is 9.21. The Labute approximate surface area is 219 Å². The molecule has 2 aromatic rings. The number of aliphatic hydroxyl groups is 1. The zero-order chi connectivity index (χ0) is 26.5. The number of hydrazone groups is 1. The van der Waals surface area contributed by atoms with Gasteiger partial charge in [0.1, 0.15) is 30.8 Å². The van der Waals surface area contributed by atoms with Crippen molar-refractivity contribution in [2.45, 2.75) is 52.4 Å². The molecule has 0 saturated heterocycles. The van der Waals surface area contributed by atoms with E-state index in [4.69, 9.17) is 18.9 Å². The molecule has 1 atom stereocenters. The fraction of sp³-hybridized carbons (Fsp3) is 0.500. The first-order chi connectivity index (χ1) is 17.9. The average Bonchev–Trinajstić information content (AvgIpc) is 2.89. The molecule has 1 heterocycles. The molecule has 1 unspecified atom stereocenters. The summed E-state index contributed by atoms with van der Waals surface area (Å²) in [5, 5.41) is 17.5. The van der Waals surface area contributed by atoms with Crippen molar-refractivity contribution in [1.29, 1.82) is 0 Å². The molecule has 2 aromatic carbocycles. The summed E-state index contributed by atoms with van der Waals surface area (Å²) in [6.07, 6.45) is 0.663. The van der Waals surface area contributed by atoms with Gasteiger partial charge in [0.25, 0.3) is 0 Å². The van der Waals surface area contributed by atoms with Gasteiger partial charge >= 0.3 is 0 Å². The number of amides is 1. The molecule has 0 spiro atoms. The van der Waals surface area contributed by atoms with Crippen LogP contribution < -0.4 is 20.2 Å². The molecule has 3 rings (SSSR count). The number of ether oxygens (including phenoxy) is 4. The zero-order valence-corrected chi connectivity index (χ0v) is 22.0. The highest BCUT2D eigenvalue weighted by Crippen LogP contribution is 2.21. The number of nitrogens with one attached hydrogen (secondary N) is 2. The molecule has 37 heavy (non-hydrogen) atoms. The van der Waals surface area contributed by atoms with Gasteiger partial charge in [0.2, 0.25) is 5.91 Å². The molecule has 9 nitrogen and oxygen atoms in total. The Morgan fingerprint density at radius 3 is 2.57 bits per heavy atom. The lowest BCUT2D eigenvalue weighted by molar-refractivity contribution is -0.121. The van der Waals surface area contributed by atoms with Crippen LogP contribution in [0.3, 0.4) is 0 Å². The molecule has 0 radical (unpaired) electrons. The predicted octanol–water partition coefficient (Wildman–Crippen LogP) is 2.96. The standard InChI is InChI=1S/C28H39N3O6/c1-20(2)35-15-14-34-18-22-4-7-25(8-5-22)37-19-24(32)17-29-12-13-36-27-10-6-23(16-21(27)3)26-9-11-28(33)31-30-26/h4-8,10,16,20,24,29,32H,9,11-15,17-19H2,1-3H3,(H,31,33). The first-order valence-corrected chi connectivity index (χ1v) is 12.8. The minimum atomic E-state index is -0.637. The van der Waals surface area contributed by atoms with E-state index in [0.29, 0.717) is 58.1 Å². The second-order valence-electron chi connectivity index (χ2n) is 9.21. The molecular formula is C28H39N3O6. The van der Waals surface area contributed by atoms with Crippen molar-refractivity contribution in [1.82, 2.24) is 10.7 Å². The number of hydrogen-bond acceptors (Lipinski definition) is 8. The van der Waals surface area contributed by atoms with E-state index >= 15 is 0 Å². The van der Waals surface area contributed by atoms with Crippen molar-refractivity contribution >= 4 is 11.6 Å². The third kappa shape index (κ3) is 10.5. The van der Waals surface area contributed by atoms with E-state index in [2.05, 4.69) is 15.8 Å². The number of carbonyl (C=O) groups is 1. The molecule has 9 heteroatoms. The van der Waals surface area contributed by atoms with E-state index in [1.807, 2.05) is 63.2 Å². The van der Waals surface area contributed by atoms with Gasteiger partial charge < -0.3 is 29.4 Å². The van der Waals surface area contributed by atoms with E-state index in [-0.39, 0.29) is 18.6 Å². The number of hydrogen-bond donors (Lipinski definition) is 3. The number of aryl methyl sites for hydroxylation is 1. The molecule has 0 aromatic heterocycles. The lowest BCUT2D eigenvalue weighted by Gasteiger charge is -2.15. The van der Waals surface area contributed by atoms with Gasteiger partial charge in [0.05, 0.1) is 31.6 Å². The predicted molar refractivity (Wildman–Crippen MR) is 142 cm³/mol. The van der Waals surface area contributed by atoms with Crippen LogP contribution in [0, 0.1) is 6.92 Å². The first kappa shape index (κ1) is 28.6. The highest BCUT2D eigenvalue weighted by molar-refractivity contribution is 6.04. The monoisotopic (exact) mass is 513 g/mol. The summed E-state index contributed by atoms with van der Waals surface area (Å²) in [4.78, 5) is 11.3. The van der Waals surface area contributed by atoms with Crippen molar-refractivity contribution in [3.05, 3.63) is 59.2 Å². The van der Waals surface area contributed by atoms with E-state index in [9.17, 15) is 9.90 Å². The normalized spacial score (nSPS) is 14.3. The van der Waals surface area contributed by atoms with Gasteiger partial charge in [0, 0.05) is 25.9 Å². The van der Waals surface area contributed by atoms with Gasteiger partial charge in [-0.05, 0) is 67.8 Å². The topological polar surface area (TPSA) is 111 Å². The molecule has 1 aliphatic rings. The number of nitrogens with zero attached hydrogens (tertiary/aromatic N) is 1. The second kappa shape index (κ2) is 15.3. The maximum Gasteiger partial charge on any atom is 0.240 e. The van der Waals surface area contributed by atoms with E-state index in [0.717, 1.165) is 28.2 Å². The fourth-order valence-corrected chi connectivity index (χ4v) is 3.64. The Balaban J connectivity index is 1.27. The van der Waals surface area contributed by atoms with Crippen LogP contribution in [0.4, 0.5) is 0 Å². The molecule has 0 aliphatic carbocycles. The van der Waals surface area contributed by atoms with Gasteiger partial charge in [-0.15, -0.1) is 0 Å². The van der Waals surface area contributed by atoms with E-state index < -0.39 is 6.10 Å². The Hall–Kier alpha value is -2.98. The molecule has 0 saturated carbocycles. The Kier molecular flexibility index (Phi) is 11.8. The summed E-state index contributed by atoms with van der Waals surface area (Å²) in [7, 11) is 0. The van der Waals surface area contributed by atoms with Crippen molar-refractivity contribution < 1.29 is 28.8 Å². The first-order valence-electron chi connectivity index (χ1n) is 12.8. The van der Waals surface area contributed by atoms with Crippen LogP contribution in [0.1, 0.15) is 43.4 Å². The lowest BCUT2D eigenvalue weighted by atomic mass is 10.0. The maximum absolute atomic E-state index is 11.3. The fourth-order valence-electron chi connectivity index (χ4n) is 3.64. The van der Waals surface area contributed by atoms with Crippen LogP contribution in [0.15, 0.2) is 47.6 Å². The van der Waals surface area contributed by atoms with Gasteiger partial charge in [-0.2, -0.15) is 5.10 Å². The van der Waals surface area contributed by atoms with Crippen LogP contribution in [0.5, 0.6) is 11.5 Å². The van der Waals surface area contributed by atoms with Gasteiger partial charge in [-0.1, -0.05) is 12.1 Å². The summed E-state index contributed by atoms with van der Waals surface area (Å²) >= 11 is 0.